The molecule has 108 heavy (non-hydrogen) atoms. The molecule has 0 unspecified atom stereocenters. The van der Waals surface area contributed by atoms with Crippen LogP contribution in [0.1, 0.15) is 0 Å². The number of anilines is 6. The number of aromatic nitrogens is 2. The average Bonchev–Trinajstić information content (AvgIpc) is 0.991. The molecule has 4 aromatic heterocycles. The molecule has 0 N–H and O–H groups in total. The summed E-state index contributed by atoms with van der Waals surface area (Å²) in [6, 6.07) is 131. The zero-order chi connectivity index (χ0) is 70.9. The molecule has 6 heteroatoms. The van der Waals surface area contributed by atoms with Crippen molar-refractivity contribution in [2.75, 3.05) is 9.80 Å². The van der Waals surface area contributed by atoms with Crippen molar-refractivity contribution in [1.29, 1.82) is 0 Å². The third-order valence-electron chi connectivity index (χ3n) is 22.4. The first-order valence-corrected chi connectivity index (χ1v) is 38.4. The van der Waals surface area contributed by atoms with Gasteiger partial charge in [0.2, 0.25) is 0 Å². The predicted octanol–water partition coefficient (Wildman–Crippen LogP) is 29.7. The summed E-state index contributed by atoms with van der Waals surface area (Å²) in [7, 11) is 0. The second-order valence-corrected chi connectivity index (χ2v) is 30.5. The van der Waals surface area contributed by atoms with E-state index in [9.17, 15) is 0 Å². The highest BCUT2D eigenvalue weighted by molar-refractivity contribution is 7.26. The topological polar surface area (TPSA) is 32.3 Å². The summed E-state index contributed by atoms with van der Waals surface area (Å²) in [6.45, 7) is 0. The molecule has 0 spiro atoms. The SMILES string of the molecule is c1ccc2c(c1)cc(-c1ccc(N(c3ccc(-c4cc5cc(-c6ccc7c(c6)c(-c6ccc(N(c8ccc(-c9cc%10ccccc%10c%10ccccc9%10)cc8)c8ccc9sc%10cnccc%10c9c8)cc6)cc6ccccc67)ccc5c5ccccc45)cc3)c3ccc4c(c3)sc3cnccc34)cc1)c1ccccc12. The molecule has 0 radical (unpaired) electrons. The lowest BCUT2D eigenvalue weighted by molar-refractivity contribution is 1.29. The minimum absolute atomic E-state index is 1.07. The maximum atomic E-state index is 4.49. The fraction of sp³-hybridized carbons (Fsp3) is 0. The monoisotopic (exact) mass is 1410 g/mol. The van der Waals surface area contributed by atoms with Crippen molar-refractivity contribution in [2.24, 2.45) is 0 Å². The molecule has 18 aromatic carbocycles. The third kappa shape index (κ3) is 10.2. The van der Waals surface area contributed by atoms with Gasteiger partial charge in [-0.2, -0.15) is 0 Å². The van der Waals surface area contributed by atoms with Gasteiger partial charge in [-0.15, -0.1) is 22.7 Å². The van der Waals surface area contributed by atoms with E-state index in [1.807, 2.05) is 24.8 Å². The fourth-order valence-electron chi connectivity index (χ4n) is 17.2. The van der Waals surface area contributed by atoms with Crippen molar-refractivity contribution in [3.05, 3.63) is 377 Å². The first-order valence-electron chi connectivity index (χ1n) is 36.8. The van der Waals surface area contributed by atoms with E-state index in [4.69, 9.17) is 0 Å². The Labute approximate surface area is 630 Å². The summed E-state index contributed by atoms with van der Waals surface area (Å²) in [4.78, 5) is 13.8. The molecule has 22 rings (SSSR count). The van der Waals surface area contributed by atoms with Crippen LogP contribution >= 0.6 is 22.7 Å². The Hall–Kier alpha value is -13.6. The van der Waals surface area contributed by atoms with Crippen LogP contribution in [0.4, 0.5) is 34.1 Å². The van der Waals surface area contributed by atoms with Crippen LogP contribution in [0.2, 0.25) is 0 Å². The number of fused-ring (bicyclic) bond motifs is 18. The minimum Gasteiger partial charge on any atom is -0.310 e. The number of pyridine rings is 2. The highest BCUT2D eigenvalue weighted by atomic mass is 32.1. The molecule has 0 atom stereocenters. The molecule has 0 saturated heterocycles. The first kappa shape index (κ1) is 61.8. The molecule has 4 heterocycles. The Bertz CT molecular complexity index is 7420. The van der Waals surface area contributed by atoms with Crippen molar-refractivity contribution >= 4 is 183 Å². The number of nitrogens with zero attached hydrogens (tertiary/aromatic N) is 4. The van der Waals surface area contributed by atoms with Gasteiger partial charge >= 0.3 is 0 Å². The Morgan fingerprint density at radius 2 is 0.491 bits per heavy atom. The van der Waals surface area contributed by atoms with Gasteiger partial charge in [0.05, 0.1) is 9.40 Å². The molecule has 0 fully saturated rings. The molecule has 0 saturated carbocycles. The number of rotatable bonds is 11. The van der Waals surface area contributed by atoms with Gasteiger partial charge in [0, 0.05) is 89.9 Å². The quantitative estimate of drug-likeness (QED) is 0.121. The van der Waals surface area contributed by atoms with Crippen molar-refractivity contribution in [3.63, 3.8) is 0 Å². The highest BCUT2D eigenvalue weighted by Crippen LogP contribution is 2.48. The normalized spacial score (nSPS) is 11.9. The van der Waals surface area contributed by atoms with Gasteiger partial charge in [-0.05, 0) is 269 Å². The Morgan fingerprint density at radius 3 is 0.963 bits per heavy atom. The van der Waals surface area contributed by atoms with E-state index in [2.05, 4.69) is 372 Å². The van der Waals surface area contributed by atoms with E-state index in [1.165, 1.54) is 171 Å². The van der Waals surface area contributed by atoms with E-state index < -0.39 is 0 Å². The Balaban J connectivity index is 0.627. The van der Waals surface area contributed by atoms with Crippen LogP contribution in [-0.4, -0.2) is 9.97 Å². The van der Waals surface area contributed by atoms with E-state index in [1.54, 1.807) is 22.7 Å². The fourth-order valence-corrected chi connectivity index (χ4v) is 19.4. The maximum absolute atomic E-state index is 4.49. The van der Waals surface area contributed by atoms with Crippen LogP contribution in [0.3, 0.4) is 0 Å². The summed E-state index contributed by atoms with van der Waals surface area (Å²) in [6.07, 6.45) is 7.77. The largest absolute Gasteiger partial charge is 0.310 e. The van der Waals surface area contributed by atoms with Crippen molar-refractivity contribution in [3.8, 4) is 55.6 Å². The van der Waals surface area contributed by atoms with Crippen molar-refractivity contribution in [1.82, 2.24) is 9.97 Å². The summed E-state index contributed by atoms with van der Waals surface area (Å²) >= 11 is 3.59. The molecule has 22 aromatic rings. The van der Waals surface area contributed by atoms with Crippen LogP contribution in [0, 0.1) is 0 Å². The Morgan fingerprint density at radius 1 is 0.176 bits per heavy atom. The van der Waals surface area contributed by atoms with E-state index in [-0.39, 0.29) is 0 Å². The van der Waals surface area contributed by atoms with Crippen LogP contribution < -0.4 is 9.80 Å². The van der Waals surface area contributed by atoms with Gasteiger partial charge < -0.3 is 9.80 Å². The molecule has 0 aliphatic heterocycles. The Kier molecular flexibility index (Phi) is 14.3. The van der Waals surface area contributed by atoms with E-state index >= 15 is 0 Å². The number of hydrogen-bond acceptors (Lipinski definition) is 6. The lowest BCUT2D eigenvalue weighted by Crippen LogP contribution is -2.09. The maximum Gasteiger partial charge on any atom is 0.0538 e. The zero-order valence-electron chi connectivity index (χ0n) is 58.4. The van der Waals surface area contributed by atoms with Crippen LogP contribution in [0.15, 0.2) is 377 Å². The van der Waals surface area contributed by atoms with Gasteiger partial charge in [-0.1, -0.05) is 224 Å². The average molecular weight is 1410 g/mol. The predicted molar refractivity (Wildman–Crippen MR) is 464 cm³/mol. The summed E-state index contributed by atoms with van der Waals surface area (Å²) in [5.41, 5.74) is 18.3. The minimum atomic E-state index is 1.07. The number of thiophene rings is 2. The summed E-state index contributed by atoms with van der Waals surface area (Å²) in [5, 5.41) is 24.7. The second kappa shape index (κ2) is 25.0. The number of hydrogen-bond donors (Lipinski definition) is 0. The molecular weight excluding hydrogens is 1350 g/mol. The van der Waals surface area contributed by atoms with Gasteiger partial charge in [0.15, 0.2) is 0 Å². The number of benzene rings is 18. The van der Waals surface area contributed by atoms with E-state index in [0.717, 1.165) is 45.3 Å². The van der Waals surface area contributed by atoms with Crippen molar-refractivity contribution < 1.29 is 0 Å². The lowest BCUT2D eigenvalue weighted by Gasteiger charge is -2.26. The highest BCUT2D eigenvalue weighted by Gasteiger charge is 2.22. The third-order valence-corrected chi connectivity index (χ3v) is 24.6. The summed E-state index contributed by atoms with van der Waals surface area (Å²) in [5.74, 6) is 0. The smallest absolute Gasteiger partial charge is 0.0538 e. The van der Waals surface area contributed by atoms with Crippen molar-refractivity contribution in [2.45, 2.75) is 0 Å². The molecule has 0 aliphatic carbocycles. The zero-order valence-corrected chi connectivity index (χ0v) is 60.0. The van der Waals surface area contributed by atoms with E-state index in [0.29, 0.717) is 0 Å². The molecule has 0 aliphatic rings. The first-order chi connectivity index (χ1) is 53.5. The molecule has 4 nitrogen and oxygen atoms in total. The molecular formula is C102H62N4S2. The van der Waals surface area contributed by atoms with Crippen LogP contribution in [0.25, 0.3) is 182 Å². The molecule has 502 valence electrons. The second-order valence-electron chi connectivity index (χ2n) is 28.4. The van der Waals surface area contributed by atoms with Gasteiger partial charge in [0.25, 0.3) is 0 Å². The molecule has 0 bridgehead atoms. The van der Waals surface area contributed by atoms with Gasteiger partial charge in [0.1, 0.15) is 0 Å². The van der Waals surface area contributed by atoms with Gasteiger partial charge in [-0.3, -0.25) is 9.97 Å². The van der Waals surface area contributed by atoms with Gasteiger partial charge in [-0.25, -0.2) is 0 Å². The molecule has 0 amide bonds. The lowest BCUT2D eigenvalue weighted by atomic mass is 9.89. The van der Waals surface area contributed by atoms with Crippen LogP contribution in [-0.2, 0) is 0 Å². The van der Waals surface area contributed by atoms with Crippen LogP contribution in [0.5, 0.6) is 0 Å². The summed E-state index contributed by atoms with van der Waals surface area (Å²) < 4.78 is 4.84. The standard InChI is InChI=1S/C102H62N4S2/c1-4-16-79-69(13-1)55-93(86-22-10-7-19-83(79)86)63-25-35-73(36-26-63)105(77-44-48-99-98(59-77)92-50-52-104-62-102(92)107-99)74-41-31-66(32-42-74)96-57-71-15-3-6-18-81(71)89-46-34-68(54-97(89)96)67-33-45-82-72(53-67)58-95(88-24-12-9-21-85(82)88)65-29-39-76(40-30-65)106(78-43-47-90-91-49-51-103-61-101(91)108-100(90)60-78)75-37-27-64(28-38-75)94-56-70-14-2-5-17-80(70)84-20-8-11-23-87(84)94/h1-62H.